The van der Waals surface area contributed by atoms with Gasteiger partial charge in [-0.05, 0) is 19.4 Å². The second kappa shape index (κ2) is 7.74. The summed E-state index contributed by atoms with van der Waals surface area (Å²) in [6.07, 6.45) is -0.491. The third-order valence-electron chi connectivity index (χ3n) is 3.79. The van der Waals surface area contributed by atoms with Crippen LogP contribution in [-0.4, -0.2) is 55.5 Å². The van der Waals surface area contributed by atoms with Gasteiger partial charge >= 0.3 is 0 Å². The van der Waals surface area contributed by atoms with Crippen molar-refractivity contribution >= 4 is 0 Å². The molecule has 2 atom stereocenters. The normalized spacial score (nSPS) is 19.8. The number of nitrogens with one attached hydrogen (secondary N) is 1. The van der Waals surface area contributed by atoms with Crippen LogP contribution in [0.2, 0.25) is 0 Å². The van der Waals surface area contributed by atoms with Gasteiger partial charge < -0.3 is 15.2 Å². The van der Waals surface area contributed by atoms with Crippen LogP contribution in [0.15, 0.2) is 24.3 Å². The van der Waals surface area contributed by atoms with Crippen LogP contribution in [0.3, 0.4) is 0 Å². The van der Waals surface area contributed by atoms with E-state index in [2.05, 4.69) is 41.4 Å². The lowest BCUT2D eigenvalue weighted by Gasteiger charge is -2.37. The van der Waals surface area contributed by atoms with Gasteiger partial charge in [-0.3, -0.25) is 4.90 Å². The average Bonchev–Trinajstić information content (AvgIpc) is 2.46. The quantitative estimate of drug-likeness (QED) is 0.824. The molecule has 1 heterocycles. The molecule has 1 aromatic rings. The number of hydrogen-bond donors (Lipinski definition) is 2. The first-order valence-corrected chi connectivity index (χ1v) is 7.49. The molecule has 1 aliphatic heterocycles. The van der Waals surface area contributed by atoms with Crippen LogP contribution >= 0.6 is 0 Å². The summed E-state index contributed by atoms with van der Waals surface area (Å²) < 4.78 is 5.43. The van der Waals surface area contributed by atoms with Crippen LogP contribution in [0.25, 0.3) is 0 Å². The fourth-order valence-corrected chi connectivity index (χ4v) is 2.82. The van der Waals surface area contributed by atoms with Crippen molar-refractivity contribution in [3.63, 3.8) is 0 Å². The van der Waals surface area contributed by atoms with E-state index in [-0.39, 0.29) is 6.04 Å². The van der Waals surface area contributed by atoms with E-state index in [4.69, 9.17) is 4.74 Å². The Morgan fingerprint density at radius 2 is 2.10 bits per heavy atom. The molecule has 112 valence electrons. The molecule has 4 heteroatoms. The molecule has 1 aromatic carbocycles. The van der Waals surface area contributed by atoms with Gasteiger partial charge in [0, 0.05) is 32.8 Å². The molecule has 2 rings (SSSR count). The fourth-order valence-electron chi connectivity index (χ4n) is 2.82. The number of rotatable bonds is 6. The maximum atomic E-state index is 10.5. The maximum absolute atomic E-state index is 10.5. The van der Waals surface area contributed by atoms with Gasteiger partial charge in [-0.1, -0.05) is 29.8 Å². The monoisotopic (exact) mass is 278 g/mol. The molecule has 0 aliphatic carbocycles. The molecule has 0 spiro atoms. The Bertz CT molecular complexity index is 405. The molecule has 1 fully saturated rings. The fraction of sp³-hybridized carbons (Fsp3) is 0.625. The standard InChI is InChI=1S/C16H26N2O2/c1-3-20-12-15(19)16(18-9-7-17-8-10-18)14-6-4-5-13(2)11-14/h4-6,11,15-17,19H,3,7-10,12H2,1-2H3. The highest BCUT2D eigenvalue weighted by Gasteiger charge is 2.28. The van der Waals surface area contributed by atoms with Crippen molar-refractivity contribution in [1.29, 1.82) is 0 Å². The lowest BCUT2D eigenvalue weighted by molar-refractivity contribution is -0.0193. The minimum atomic E-state index is -0.491. The molecule has 2 N–H and O–H groups in total. The van der Waals surface area contributed by atoms with Gasteiger partial charge in [0.05, 0.1) is 18.8 Å². The predicted molar refractivity (Wildman–Crippen MR) is 80.9 cm³/mol. The van der Waals surface area contributed by atoms with Crippen LogP contribution in [0, 0.1) is 6.92 Å². The second-order valence-corrected chi connectivity index (χ2v) is 5.37. The Morgan fingerprint density at radius 3 is 2.75 bits per heavy atom. The highest BCUT2D eigenvalue weighted by Crippen LogP contribution is 2.26. The third kappa shape index (κ3) is 4.03. The topological polar surface area (TPSA) is 44.7 Å². The number of hydrogen-bond acceptors (Lipinski definition) is 4. The summed E-state index contributed by atoms with van der Waals surface area (Å²) in [5.41, 5.74) is 2.41. The lowest BCUT2D eigenvalue weighted by atomic mass is 9.97. The Hall–Kier alpha value is -0.940. The van der Waals surface area contributed by atoms with Crippen molar-refractivity contribution in [2.24, 2.45) is 0 Å². The highest BCUT2D eigenvalue weighted by atomic mass is 16.5. The summed E-state index contributed by atoms with van der Waals surface area (Å²) >= 11 is 0. The maximum Gasteiger partial charge on any atom is 0.0969 e. The number of piperazine rings is 1. The molecule has 4 nitrogen and oxygen atoms in total. The van der Waals surface area contributed by atoms with Crippen LogP contribution in [-0.2, 0) is 4.74 Å². The third-order valence-corrected chi connectivity index (χ3v) is 3.79. The number of aliphatic hydroxyl groups excluding tert-OH is 1. The van der Waals surface area contributed by atoms with Crippen molar-refractivity contribution in [3.8, 4) is 0 Å². The molecular weight excluding hydrogens is 252 g/mol. The van der Waals surface area contributed by atoms with Crippen molar-refractivity contribution in [1.82, 2.24) is 10.2 Å². The summed E-state index contributed by atoms with van der Waals surface area (Å²) in [4.78, 5) is 2.36. The molecule has 0 amide bonds. The lowest BCUT2D eigenvalue weighted by Crippen LogP contribution is -2.49. The van der Waals surface area contributed by atoms with E-state index >= 15 is 0 Å². The predicted octanol–water partition coefficient (Wildman–Crippen LogP) is 1.34. The average molecular weight is 278 g/mol. The minimum Gasteiger partial charge on any atom is -0.389 e. The Balaban J connectivity index is 2.18. The highest BCUT2D eigenvalue weighted by molar-refractivity contribution is 5.26. The van der Waals surface area contributed by atoms with E-state index in [9.17, 15) is 5.11 Å². The molecule has 0 radical (unpaired) electrons. The molecule has 0 aromatic heterocycles. The SMILES string of the molecule is CCOCC(O)C(c1cccc(C)c1)N1CCNCC1. The molecule has 2 unspecified atom stereocenters. The number of aryl methyl sites for hydroxylation is 1. The smallest absolute Gasteiger partial charge is 0.0969 e. The Kier molecular flexibility index (Phi) is 5.98. The molecule has 1 aliphatic rings. The van der Waals surface area contributed by atoms with E-state index in [0.717, 1.165) is 26.2 Å². The summed E-state index contributed by atoms with van der Waals surface area (Å²) in [5, 5.41) is 13.9. The number of nitrogens with zero attached hydrogens (tertiary/aromatic N) is 1. The first kappa shape index (κ1) is 15.4. The van der Waals surface area contributed by atoms with E-state index in [1.807, 2.05) is 6.92 Å². The summed E-state index contributed by atoms with van der Waals surface area (Å²) in [5.74, 6) is 0. The van der Waals surface area contributed by atoms with E-state index in [1.165, 1.54) is 11.1 Å². The van der Waals surface area contributed by atoms with Crippen LogP contribution in [0.5, 0.6) is 0 Å². The number of ether oxygens (including phenoxy) is 1. The van der Waals surface area contributed by atoms with Crippen molar-refractivity contribution in [2.45, 2.75) is 26.0 Å². The van der Waals surface area contributed by atoms with Crippen molar-refractivity contribution in [2.75, 3.05) is 39.4 Å². The summed E-state index contributed by atoms with van der Waals surface area (Å²) in [7, 11) is 0. The van der Waals surface area contributed by atoms with Gasteiger partial charge in [0.15, 0.2) is 0 Å². The van der Waals surface area contributed by atoms with Crippen LogP contribution < -0.4 is 5.32 Å². The first-order valence-electron chi connectivity index (χ1n) is 7.49. The van der Waals surface area contributed by atoms with E-state index < -0.39 is 6.10 Å². The first-order chi connectivity index (χ1) is 9.72. The van der Waals surface area contributed by atoms with Gasteiger partial charge in [-0.2, -0.15) is 0 Å². The minimum absolute atomic E-state index is 0.0172. The van der Waals surface area contributed by atoms with Gasteiger partial charge in [0.1, 0.15) is 0 Å². The Morgan fingerprint density at radius 1 is 1.35 bits per heavy atom. The zero-order valence-corrected chi connectivity index (χ0v) is 12.5. The molecule has 0 saturated carbocycles. The van der Waals surface area contributed by atoms with Gasteiger partial charge in [-0.25, -0.2) is 0 Å². The zero-order chi connectivity index (χ0) is 14.4. The number of benzene rings is 1. The van der Waals surface area contributed by atoms with Gasteiger partial charge in [0.2, 0.25) is 0 Å². The van der Waals surface area contributed by atoms with E-state index in [0.29, 0.717) is 13.2 Å². The largest absolute Gasteiger partial charge is 0.389 e. The summed E-state index contributed by atoms with van der Waals surface area (Å²) in [6, 6.07) is 8.44. The van der Waals surface area contributed by atoms with Crippen LogP contribution in [0.4, 0.5) is 0 Å². The van der Waals surface area contributed by atoms with Gasteiger partial charge in [-0.15, -0.1) is 0 Å². The van der Waals surface area contributed by atoms with Crippen molar-refractivity contribution in [3.05, 3.63) is 35.4 Å². The van der Waals surface area contributed by atoms with E-state index in [1.54, 1.807) is 0 Å². The second-order valence-electron chi connectivity index (χ2n) is 5.37. The van der Waals surface area contributed by atoms with Crippen molar-refractivity contribution < 1.29 is 9.84 Å². The molecule has 20 heavy (non-hydrogen) atoms. The van der Waals surface area contributed by atoms with Gasteiger partial charge in [0.25, 0.3) is 0 Å². The molecule has 0 bridgehead atoms. The number of aliphatic hydroxyl groups is 1. The summed E-state index contributed by atoms with van der Waals surface area (Å²) in [6.45, 7) is 8.95. The zero-order valence-electron chi connectivity index (χ0n) is 12.5. The Labute approximate surface area is 121 Å². The van der Waals surface area contributed by atoms with Crippen LogP contribution in [0.1, 0.15) is 24.1 Å². The molecule has 1 saturated heterocycles. The molecular formula is C16H26N2O2.